The summed E-state index contributed by atoms with van der Waals surface area (Å²) >= 11 is 0. The van der Waals surface area contributed by atoms with Gasteiger partial charge in [-0.1, -0.05) is 32.8 Å². The Morgan fingerprint density at radius 2 is 2.11 bits per heavy atom. The van der Waals surface area contributed by atoms with E-state index in [4.69, 9.17) is 4.74 Å². The fourth-order valence-corrected chi connectivity index (χ4v) is 2.76. The molecule has 1 atom stereocenters. The number of ether oxygens (including phenoxy) is 1. The fourth-order valence-electron chi connectivity index (χ4n) is 2.76. The third-order valence-electron chi connectivity index (χ3n) is 3.85. The Bertz CT molecular complexity index is 389. The van der Waals surface area contributed by atoms with Gasteiger partial charge in [-0.2, -0.15) is 0 Å². The summed E-state index contributed by atoms with van der Waals surface area (Å²) in [6.07, 6.45) is 7.28. The molecule has 0 fully saturated rings. The van der Waals surface area contributed by atoms with Gasteiger partial charge >= 0.3 is 0 Å². The number of hydrogen-bond acceptors (Lipinski definition) is 2. The van der Waals surface area contributed by atoms with Gasteiger partial charge in [0.1, 0.15) is 5.75 Å². The Morgan fingerprint density at radius 3 is 2.89 bits per heavy atom. The van der Waals surface area contributed by atoms with Crippen LogP contribution in [0.3, 0.4) is 0 Å². The molecule has 0 saturated heterocycles. The van der Waals surface area contributed by atoms with Crippen LogP contribution in [-0.4, -0.2) is 13.2 Å². The zero-order valence-electron chi connectivity index (χ0n) is 12.4. The number of rotatable bonds is 8. The fraction of sp³-hybridized carbons (Fsp3) is 0.647. The smallest absolute Gasteiger partial charge is 0.119 e. The maximum Gasteiger partial charge on any atom is 0.119 e. The van der Waals surface area contributed by atoms with Gasteiger partial charge in [0.15, 0.2) is 0 Å². The van der Waals surface area contributed by atoms with Crippen LogP contribution >= 0.6 is 0 Å². The lowest BCUT2D eigenvalue weighted by Gasteiger charge is -2.14. The molecule has 2 nitrogen and oxygen atoms in total. The van der Waals surface area contributed by atoms with Crippen molar-refractivity contribution in [1.29, 1.82) is 0 Å². The van der Waals surface area contributed by atoms with Crippen molar-refractivity contribution in [2.24, 2.45) is 0 Å². The number of benzene rings is 1. The Morgan fingerprint density at radius 1 is 1.21 bits per heavy atom. The van der Waals surface area contributed by atoms with Crippen molar-refractivity contribution in [3.8, 4) is 5.75 Å². The van der Waals surface area contributed by atoms with Gasteiger partial charge in [-0.05, 0) is 55.5 Å². The van der Waals surface area contributed by atoms with E-state index in [-0.39, 0.29) is 0 Å². The third kappa shape index (κ3) is 3.97. The lowest BCUT2D eigenvalue weighted by atomic mass is 10.1. The zero-order chi connectivity index (χ0) is 13.5. The molecule has 2 heteroatoms. The van der Waals surface area contributed by atoms with E-state index in [9.17, 15) is 0 Å². The summed E-state index contributed by atoms with van der Waals surface area (Å²) in [5, 5.41) is 3.63. The highest BCUT2D eigenvalue weighted by molar-refractivity contribution is 5.40. The van der Waals surface area contributed by atoms with Crippen LogP contribution in [0.5, 0.6) is 5.75 Å². The summed E-state index contributed by atoms with van der Waals surface area (Å²) in [5.41, 5.74) is 2.95. The Labute approximate surface area is 117 Å². The maximum absolute atomic E-state index is 5.83. The molecule has 0 bridgehead atoms. The van der Waals surface area contributed by atoms with Crippen molar-refractivity contribution >= 4 is 0 Å². The number of unbranched alkanes of at least 4 members (excludes halogenated alkanes) is 2. The van der Waals surface area contributed by atoms with E-state index in [2.05, 4.69) is 37.4 Å². The molecule has 1 aromatic carbocycles. The standard InChI is InChI=1S/C17H27NO/c1-3-5-6-12-19-15-8-9-16-14(13-15)7-10-17(16)18-11-4-2/h8-9,13,17-18H,3-7,10-12H2,1-2H3. The molecule has 0 saturated carbocycles. The lowest BCUT2D eigenvalue weighted by Crippen LogP contribution is -2.19. The van der Waals surface area contributed by atoms with Crippen LogP contribution in [0.15, 0.2) is 18.2 Å². The van der Waals surface area contributed by atoms with Crippen molar-refractivity contribution in [3.05, 3.63) is 29.3 Å². The number of hydrogen-bond donors (Lipinski definition) is 1. The van der Waals surface area contributed by atoms with E-state index in [0.717, 1.165) is 25.3 Å². The summed E-state index contributed by atoms with van der Waals surface area (Å²) in [6.45, 7) is 6.40. The molecule has 0 aliphatic heterocycles. The molecule has 19 heavy (non-hydrogen) atoms. The Balaban J connectivity index is 1.89. The van der Waals surface area contributed by atoms with Crippen LogP contribution in [0.1, 0.15) is 63.1 Å². The minimum absolute atomic E-state index is 0.559. The molecule has 1 aliphatic carbocycles. The van der Waals surface area contributed by atoms with Crippen molar-refractivity contribution in [2.45, 2.75) is 58.4 Å². The molecular weight excluding hydrogens is 234 g/mol. The first kappa shape index (κ1) is 14.4. The predicted molar refractivity (Wildman–Crippen MR) is 80.8 cm³/mol. The van der Waals surface area contributed by atoms with Crippen molar-refractivity contribution in [1.82, 2.24) is 5.32 Å². The molecule has 0 radical (unpaired) electrons. The van der Waals surface area contributed by atoms with Crippen molar-refractivity contribution in [2.75, 3.05) is 13.2 Å². The van der Waals surface area contributed by atoms with Gasteiger partial charge in [0.2, 0.25) is 0 Å². The first-order valence-corrected chi connectivity index (χ1v) is 7.84. The van der Waals surface area contributed by atoms with Crippen LogP contribution in [0.25, 0.3) is 0 Å². The quantitative estimate of drug-likeness (QED) is 0.707. The van der Waals surface area contributed by atoms with Crippen LogP contribution < -0.4 is 10.1 Å². The minimum Gasteiger partial charge on any atom is -0.494 e. The number of nitrogens with one attached hydrogen (secondary N) is 1. The highest BCUT2D eigenvalue weighted by Crippen LogP contribution is 2.33. The Hall–Kier alpha value is -1.02. The molecule has 1 N–H and O–H groups in total. The van der Waals surface area contributed by atoms with E-state index in [1.807, 2.05) is 0 Å². The van der Waals surface area contributed by atoms with Gasteiger partial charge in [0.05, 0.1) is 6.61 Å². The molecular formula is C17H27NO. The minimum atomic E-state index is 0.559. The highest BCUT2D eigenvalue weighted by atomic mass is 16.5. The van der Waals surface area contributed by atoms with Gasteiger partial charge in [0, 0.05) is 6.04 Å². The summed E-state index contributed by atoms with van der Waals surface area (Å²) in [7, 11) is 0. The van der Waals surface area contributed by atoms with E-state index >= 15 is 0 Å². The molecule has 2 rings (SSSR count). The SMILES string of the molecule is CCCCCOc1ccc2c(c1)CCC2NCCC. The second kappa shape index (κ2) is 7.54. The van der Waals surface area contributed by atoms with Crippen LogP contribution in [0, 0.1) is 0 Å². The topological polar surface area (TPSA) is 21.3 Å². The summed E-state index contributed by atoms with van der Waals surface area (Å²) in [4.78, 5) is 0. The van der Waals surface area contributed by atoms with Gasteiger partial charge in [-0.3, -0.25) is 0 Å². The molecule has 0 spiro atoms. The normalized spacial score (nSPS) is 17.5. The first-order valence-electron chi connectivity index (χ1n) is 7.84. The van der Waals surface area contributed by atoms with Crippen LogP contribution in [-0.2, 0) is 6.42 Å². The second-order valence-electron chi connectivity index (χ2n) is 5.46. The van der Waals surface area contributed by atoms with Gasteiger partial charge in [-0.25, -0.2) is 0 Å². The van der Waals surface area contributed by atoms with E-state index in [1.165, 1.54) is 43.2 Å². The van der Waals surface area contributed by atoms with Gasteiger partial charge in [-0.15, -0.1) is 0 Å². The average Bonchev–Trinajstić information content (AvgIpc) is 2.84. The molecule has 1 aromatic rings. The summed E-state index contributed by atoms with van der Waals surface area (Å²) in [6, 6.07) is 7.19. The first-order chi connectivity index (χ1) is 9.35. The molecule has 0 heterocycles. The number of fused-ring (bicyclic) bond motifs is 1. The van der Waals surface area contributed by atoms with E-state index in [0.29, 0.717) is 6.04 Å². The van der Waals surface area contributed by atoms with Crippen LogP contribution in [0.2, 0.25) is 0 Å². The van der Waals surface area contributed by atoms with Crippen molar-refractivity contribution in [3.63, 3.8) is 0 Å². The highest BCUT2D eigenvalue weighted by Gasteiger charge is 2.21. The number of aryl methyl sites for hydroxylation is 1. The van der Waals surface area contributed by atoms with Gasteiger partial charge in [0.25, 0.3) is 0 Å². The van der Waals surface area contributed by atoms with Crippen LogP contribution in [0.4, 0.5) is 0 Å². The molecule has 0 aromatic heterocycles. The van der Waals surface area contributed by atoms with Gasteiger partial charge < -0.3 is 10.1 Å². The third-order valence-corrected chi connectivity index (χ3v) is 3.85. The summed E-state index contributed by atoms with van der Waals surface area (Å²) in [5.74, 6) is 1.05. The summed E-state index contributed by atoms with van der Waals surface area (Å²) < 4.78 is 5.83. The van der Waals surface area contributed by atoms with Crippen molar-refractivity contribution < 1.29 is 4.74 Å². The second-order valence-corrected chi connectivity index (χ2v) is 5.46. The molecule has 1 unspecified atom stereocenters. The molecule has 1 aliphatic rings. The maximum atomic E-state index is 5.83. The lowest BCUT2D eigenvalue weighted by molar-refractivity contribution is 0.306. The molecule has 106 valence electrons. The van der Waals surface area contributed by atoms with E-state index < -0.39 is 0 Å². The average molecular weight is 261 g/mol. The largest absolute Gasteiger partial charge is 0.494 e. The zero-order valence-corrected chi connectivity index (χ0v) is 12.4. The monoisotopic (exact) mass is 261 g/mol. The molecule has 0 amide bonds. The van der Waals surface area contributed by atoms with E-state index in [1.54, 1.807) is 0 Å². The predicted octanol–water partition coefficient (Wildman–Crippen LogP) is 4.24. The Kier molecular flexibility index (Phi) is 5.71.